The average Bonchev–Trinajstić information content (AvgIpc) is 2.40. The van der Waals surface area contributed by atoms with Crippen LogP contribution in [0.4, 0.5) is 0 Å². The summed E-state index contributed by atoms with van der Waals surface area (Å²) in [6.45, 7) is 1.48. The Labute approximate surface area is 131 Å². The molecule has 0 aromatic heterocycles. The lowest BCUT2D eigenvalue weighted by atomic mass is 9.93. The van der Waals surface area contributed by atoms with Gasteiger partial charge in [0.25, 0.3) is 0 Å². The highest BCUT2D eigenvalue weighted by Crippen LogP contribution is 2.31. The Kier molecular flexibility index (Phi) is 4.65. The summed E-state index contributed by atoms with van der Waals surface area (Å²) in [5.41, 5.74) is -0.873. The van der Waals surface area contributed by atoms with E-state index < -0.39 is 11.6 Å². The van der Waals surface area contributed by atoms with Crippen LogP contribution in [-0.4, -0.2) is 16.2 Å². The van der Waals surface area contributed by atoms with Crippen molar-refractivity contribution in [2.24, 2.45) is 0 Å². The molecule has 0 aliphatic heterocycles. The number of aliphatic hydroxyl groups is 1. The van der Waals surface area contributed by atoms with Crippen molar-refractivity contribution < 1.29 is 19.7 Å². The zero-order valence-corrected chi connectivity index (χ0v) is 13.0. The number of benzene rings is 2. The zero-order valence-electron chi connectivity index (χ0n) is 11.4. The van der Waals surface area contributed by atoms with Crippen molar-refractivity contribution in [2.45, 2.75) is 18.9 Å². The normalized spacial score (nSPS) is 13.5. The van der Waals surface area contributed by atoms with E-state index in [0.29, 0.717) is 17.1 Å². The molecule has 1 atom stereocenters. The van der Waals surface area contributed by atoms with Gasteiger partial charge >= 0.3 is 5.97 Å². The van der Waals surface area contributed by atoms with E-state index in [1.54, 1.807) is 24.3 Å². The number of carbonyl (C=O) groups is 1. The lowest BCUT2D eigenvalue weighted by Crippen LogP contribution is -2.24. The third-order valence-corrected chi connectivity index (χ3v) is 3.69. The maximum absolute atomic E-state index is 10.7. The number of rotatable bonds is 5. The van der Waals surface area contributed by atoms with E-state index in [9.17, 15) is 9.90 Å². The number of halogens is 1. The van der Waals surface area contributed by atoms with Gasteiger partial charge < -0.3 is 14.9 Å². The van der Waals surface area contributed by atoms with Crippen molar-refractivity contribution in [3.8, 4) is 11.5 Å². The Morgan fingerprint density at radius 1 is 1.19 bits per heavy atom. The summed E-state index contributed by atoms with van der Waals surface area (Å²) in [6, 6.07) is 14.2. The molecule has 0 amide bonds. The van der Waals surface area contributed by atoms with Crippen LogP contribution in [0.1, 0.15) is 18.9 Å². The molecule has 21 heavy (non-hydrogen) atoms. The lowest BCUT2D eigenvalue weighted by Gasteiger charge is -2.21. The largest absolute Gasteiger partial charge is 0.481 e. The molecular formula is C16H15BrO4. The molecule has 2 aromatic carbocycles. The lowest BCUT2D eigenvalue weighted by molar-refractivity contribution is -0.142. The second kappa shape index (κ2) is 6.28. The molecule has 2 rings (SSSR count). The molecule has 0 saturated carbocycles. The number of hydrogen-bond acceptors (Lipinski definition) is 3. The Hall–Kier alpha value is -1.85. The Morgan fingerprint density at radius 3 is 2.38 bits per heavy atom. The third kappa shape index (κ3) is 4.06. The first-order valence-electron chi connectivity index (χ1n) is 6.35. The molecule has 0 radical (unpaired) electrons. The minimum Gasteiger partial charge on any atom is -0.481 e. The number of carboxylic acids is 1. The van der Waals surface area contributed by atoms with Gasteiger partial charge in [-0.25, -0.2) is 0 Å². The SMILES string of the molecule is CC(O)(CC(=O)O)c1ccc(Oc2ccccc2Br)cc1. The topological polar surface area (TPSA) is 66.8 Å². The maximum Gasteiger partial charge on any atom is 0.306 e. The molecule has 0 aliphatic rings. The molecule has 2 aromatic rings. The van der Waals surface area contributed by atoms with Gasteiger partial charge in [-0.15, -0.1) is 0 Å². The average molecular weight is 351 g/mol. The molecule has 5 heteroatoms. The summed E-state index contributed by atoms with van der Waals surface area (Å²) < 4.78 is 6.55. The van der Waals surface area contributed by atoms with Crippen LogP contribution >= 0.6 is 15.9 Å². The molecule has 1 unspecified atom stereocenters. The number of hydrogen-bond donors (Lipinski definition) is 2. The van der Waals surface area contributed by atoms with Crippen LogP contribution in [0.2, 0.25) is 0 Å². The van der Waals surface area contributed by atoms with E-state index >= 15 is 0 Å². The van der Waals surface area contributed by atoms with Gasteiger partial charge in [0, 0.05) is 0 Å². The Bertz CT molecular complexity index is 635. The molecule has 110 valence electrons. The maximum atomic E-state index is 10.7. The second-order valence-electron chi connectivity index (χ2n) is 4.90. The van der Waals surface area contributed by atoms with Crippen LogP contribution in [0.25, 0.3) is 0 Å². The summed E-state index contributed by atoms with van der Waals surface area (Å²) in [4.78, 5) is 10.7. The van der Waals surface area contributed by atoms with Gasteiger partial charge in [0.15, 0.2) is 0 Å². The third-order valence-electron chi connectivity index (χ3n) is 3.04. The van der Waals surface area contributed by atoms with E-state index in [1.165, 1.54) is 6.92 Å². The van der Waals surface area contributed by atoms with E-state index in [4.69, 9.17) is 9.84 Å². The molecule has 0 spiro atoms. The number of para-hydroxylation sites is 1. The van der Waals surface area contributed by atoms with Crippen molar-refractivity contribution >= 4 is 21.9 Å². The summed E-state index contributed by atoms with van der Waals surface area (Å²) in [6.07, 6.45) is -0.350. The van der Waals surface area contributed by atoms with Crippen LogP contribution in [0.15, 0.2) is 53.0 Å². The van der Waals surface area contributed by atoms with Gasteiger partial charge in [-0.3, -0.25) is 4.79 Å². The minimum atomic E-state index is -1.41. The van der Waals surface area contributed by atoms with Gasteiger partial charge in [-0.1, -0.05) is 24.3 Å². The minimum absolute atomic E-state index is 0.350. The van der Waals surface area contributed by atoms with Crippen molar-refractivity contribution in [3.05, 3.63) is 58.6 Å². The molecule has 0 bridgehead atoms. The standard InChI is InChI=1S/C16H15BrO4/c1-16(20,10-15(18)19)11-6-8-12(9-7-11)21-14-5-3-2-4-13(14)17/h2-9,20H,10H2,1H3,(H,18,19). The second-order valence-corrected chi connectivity index (χ2v) is 5.76. The number of aliphatic carboxylic acids is 1. The van der Waals surface area contributed by atoms with Gasteiger partial charge in [0.05, 0.1) is 16.5 Å². The highest BCUT2D eigenvalue weighted by Gasteiger charge is 2.26. The van der Waals surface area contributed by atoms with Gasteiger partial charge in [0.1, 0.15) is 11.5 Å². The fourth-order valence-corrected chi connectivity index (χ4v) is 2.30. The summed E-state index contributed by atoms with van der Waals surface area (Å²) in [5, 5.41) is 19.0. The van der Waals surface area contributed by atoms with E-state index in [-0.39, 0.29) is 6.42 Å². The van der Waals surface area contributed by atoms with Gasteiger partial charge in [0.2, 0.25) is 0 Å². The van der Waals surface area contributed by atoms with Gasteiger partial charge in [-0.05, 0) is 52.7 Å². The predicted octanol–water partition coefficient (Wildman–Crippen LogP) is 3.92. The van der Waals surface area contributed by atoms with Crippen LogP contribution in [-0.2, 0) is 10.4 Å². The Morgan fingerprint density at radius 2 is 1.81 bits per heavy atom. The van der Waals surface area contributed by atoms with E-state index in [0.717, 1.165) is 4.47 Å². The molecular weight excluding hydrogens is 336 g/mol. The summed E-state index contributed by atoms with van der Waals surface area (Å²) in [7, 11) is 0. The molecule has 4 nitrogen and oxygen atoms in total. The van der Waals surface area contributed by atoms with Crippen LogP contribution in [0, 0.1) is 0 Å². The first-order chi connectivity index (χ1) is 9.88. The van der Waals surface area contributed by atoms with Crippen LogP contribution < -0.4 is 4.74 Å². The van der Waals surface area contributed by atoms with Crippen LogP contribution in [0.3, 0.4) is 0 Å². The summed E-state index contributed by atoms with van der Waals surface area (Å²) in [5.74, 6) is 0.243. The molecule has 0 aliphatic carbocycles. The van der Waals surface area contributed by atoms with E-state index in [1.807, 2.05) is 24.3 Å². The predicted molar refractivity (Wildman–Crippen MR) is 82.5 cm³/mol. The molecule has 0 saturated heterocycles. The smallest absolute Gasteiger partial charge is 0.306 e. The Balaban J connectivity index is 2.16. The van der Waals surface area contributed by atoms with Crippen LogP contribution in [0.5, 0.6) is 11.5 Å². The summed E-state index contributed by atoms with van der Waals surface area (Å²) >= 11 is 3.40. The quantitative estimate of drug-likeness (QED) is 0.857. The number of ether oxygens (including phenoxy) is 1. The first-order valence-corrected chi connectivity index (χ1v) is 7.15. The fraction of sp³-hybridized carbons (Fsp3) is 0.188. The first kappa shape index (κ1) is 15.5. The fourth-order valence-electron chi connectivity index (χ4n) is 1.93. The van der Waals surface area contributed by atoms with Gasteiger partial charge in [-0.2, -0.15) is 0 Å². The van der Waals surface area contributed by atoms with Crippen molar-refractivity contribution in [1.29, 1.82) is 0 Å². The number of carboxylic acid groups (broad SMARTS) is 1. The van der Waals surface area contributed by atoms with Crippen molar-refractivity contribution in [2.75, 3.05) is 0 Å². The zero-order chi connectivity index (χ0) is 15.5. The van der Waals surface area contributed by atoms with E-state index in [2.05, 4.69) is 15.9 Å². The monoisotopic (exact) mass is 350 g/mol. The highest BCUT2D eigenvalue weighted by molar-refractivity contribution is 9.10. The van der Waals surface area contributed by atoms with Crippen molar-refractivity contribution in [1.82, 2.24) is 0 Å². The molecule has 2 N–H and O–H groups in total. The molecule has 0 fully saturated rings. The highest BCUT2D eigenvalue weighted by atomic mass is 79.9. The van der Waals surface area contributed by atoms with Crippen molar-refractivity contribution in [3.63, 3.8) is 0 Å². The molecule has 0 heterocycles.